The molecule has 2 fully saturated rings. The van der Waals surface area contributed by atoms with Gasteiger partial charge in [0, 0.05) is 16.7 Å². The van der Waals surface area contributed by atoms with Crippen LogP contribution in [0.2, 0.25) is 0 Å². The maximum Gasteiger partial charge on any atom is 0.306 e. The van der Waals surface area contributed by atoms with Gasteiger partial charge < -0.3 is 14.9 Å². The molecule has 0 aromatic carbocycles. The number of hydrogen-bond donors (Lipinski definition) is 2. The van der Waals surface area contributed by atoms with Gasteiger partial charge in [0.05, 0.1) is 11.5 Å². The maximum absolute atomic E-state index is 12.4. The van der Waals surface area contributed by atoms with Gasteiger partial charge in [-0.25, -0.2) is 0 Å². The Hall–Kier alpha value is -2.22. The van der Waals surface area contributed by atoms with Gasteiger partial charge >= 0.3 is 5.97 Å². The van der Waals surface area contributed by atoms with Crippen molar-refractivity contribution in [2.75, 3.05) is 5.32 Å². The molecule has 2 N–H and O–H groups in total. The lowest BCUT2D eigenvalue weighted by molar-refractivity contribution is -0.147. The number of carbonyl (C=O) groups is 2. The monoisotopic (exact) mass is 361 g/mol. The fourth-order valence-electron chi connectivity index (χ4n) is 3.06. The fraction of sp³-hybridized carbons (Fsp3) is 0.529. The minimum Gasteiger partial charge on any atom is -0.481 e. The zero-order valence-electron chi connectivity index (χ0n) is 14.0. The van der Waals surface area contributed by atoms with Gasteiger partial charge in [-0.1, -0.05) is 5.16 Å². The third-order valence-electron chi connectivity index (χ3n) is 5.08. The lowest BCUT2D eigenvalue weighted by atomic mass is 9.74. The number of aromatic nitrogens is 2. The van der Waals surface area contributed by atoms with Crippen LogP contribution in [0.1, 0.15) is 47.9 Å². The highest BCUT2D eigenvalue weighted by atomic mass is 32.1. The number of thiophene rings is 1. The van der Waals surface area contributed by atoms with Crippen molar-refractivity contribution in [2.24, 2.45) is 11.8 Å². The molecule has 0 spiro atoms. The van der Waals surface area contributed by atoms with E-state index in [4.69, 9.17) is 9.63 Å². The largest absolute Gasteiger partial charge is 0.481 e. The van der Waals surface area contributed by atoms with Gasteiger partial charge in [0.1, 0.15) is 5.00 Å². The van der Waals surface area contributed by atoms with Crippen LogP contribution in [0.15, 0.2) is 4.52 Å². The minimum atomic E-state index is -0.828. The van der Waals surface area contributed by atoms with Gasteiger partial charge in [0.15, 0.2) is 5.82 Å². The molecule has 0 atom stereocenters. The van der Waals surface area contributed by atoms with Crippen molar-refractivity contribution in [3.05, 3.63) is 16.3 Å². The molecular weight excluding hydrogens is 342 g/mol. The van der Waals surface area contributed by atoms with E-state index in [1.807, 2.05) is 13.8 Å². The van der Waals surface area contributed by atoms with Gasteiger partial charge in [0.2, 0.25) is 5.91 Å². The lowest BCUT2D eigenvalue weighted by Gasteiger charge is -2.30. The van der Waals surface area contributed by atoms with E-state index < -0.39 is 11.9 Å². The molecule has 7 nitrogen and oxygen atoms in total. The van der Waals surface area contributed by atoms with Crippen LogP contribution < -0.4 is 5.32 Å². The molecule has 132 valence electrons. The first-order valence-corrected chi connectivity index (χ1v) is 9.23. The molecule has 25 heavy (non-hydrogen) atoms. The first kappa shape index (κ1) is 16.3. The molecule has 2 aromatic heterocycles. The van der Waals surface area contributed by atoms with Crippen molar-refractivity contribution in [1.82, 2.24) is 10.1 Å². The molecule has 1 amide bonds. The van der Waals surface area contributed by atoms with Crippen LogP contribution in [0.3, 0.4) is 0 Å². The molecular formula is C17H19N3O4S. The third kappa shape index (κ3) is 2.95. The number of carboxylic acid groups (broad SMARTS) is 1. The van der Waals surface area contributed by atoms with Gasteiger partial charge in [-0.15, -0.1) is 11.3 Å². The van der Waals surface area contributed by atoms with E-state index in [-0.39, 0.29) is 11.8 Å². The number of carbonyl (C=O) groups excluding carboxylic acids is 1. The number of rotatable bonds is 5. The topological polar surface area (TPSA) is 105 Å². The highest BCUT2D eigenvalue weighted by Crippen LogP contribution is 2.43. The quantitative estimate of drug-likeness (QED) is 0.846. The Morgan fingerprint density at radius 2 is 1.96 bits per heavy atom. The number of hydrogen-bond acceptors (Lipinski definition) is 6. The molecule has 2 saturated carbocycles. The van der Waals surface area contributed by atoms with E-state index in [0.29, 0.717) is 29.7 Å². The van der Waals surface area contributed by atoms with E-state index in [1.165, 1.54) is 11.3 Å². The average molecular weight is 361 g/mol. The van der Waals surface area contributed by atoms with E-state index in [0.717, 1.165) is 34.7 Å². The van der Waals surface area contributed by atoms with Crippen molar-refractivity contribution in [2.45, 2.75) is 45.4 Å². The van der Waals surface area contributed by atoms with Crippen molar-refractivity contribution < 1.29 is 19.2 Å². The number of anilines is 1. The van der Waals surface area contributed by atoms with Crippen LogP contribution in [-0.2, 0) is 9.59 Å². The first-order valence-electron chi connectivity index (χ1n) is 8.41. The molecule has 0 aliphatic heterocycles. The summed E-state index contributed by atoms with van der Waals surface area (Å²) in [4.78, 5) is 28.9. The number of aliphatic carboxylic acids is 1. The molecule has 2 aromatic rings. The summed E-state index contributed by atoms with van der Waals surface area (Å²) in [5.41, 5.74) is 1.80. The van der Waals surface area contributed by atoms with Crippen LogP contribution in [0.4, 0.5) is 5.00 Å². The van der Waals surface area contributed by atoms with Crippen LogP contribution in [0.25, 0.3) is 11.5 Å². The summed E-state index contributed by atoms with van der Waals surface area (Å²) in [6.45, 7) is 3.96. The summed E-state index contributed by atoms with van der Waals surface area (Å²) in [7, 11) is 0. The molecule has 0 unspecified atom stereocenters. The van der Waals surface area contributed by atoms with Crippen molar-refractivity contribution in [1.29, 1.82) is 0 Å². The van der Waals surface area contributed by atoms with Crippen molar-refractivity contribution >= 4 is 28.2 Å². The summed E-state index contributed by atoms with van der Waals surface area (Å²) in [5.74, 6) is -0.0400. The second kappa shape index (κ2) is 5.94. The van der Waals surface area contributed by atoms with E-state index in [1.54, 1.807) is 0 Å². The molecule has 2 heterocycles. The molecule has 4 rings (SSSR count). The van der Waals surface area contributed by atoms with Crippen LogP contribution in [0, 0.1) is 25.7 Å². The molecule has 0 saturated heterocycles. The Morgan fingerprint density at radius 3 is 2.60 bits per heavy atom. The number of carboxylic acids is 1. The Bertz CT molecular complexity index is 846. The van der Waals surface area contributed by atoms with Gasteiger partial charge in [-0.3, -0.25) is 9.59 Å². The molecule has 0 radical (unpaired) electrons. The summed E-state index contributed by atoms with van der Waals surface area (Å²) < 4.78 is 5.43. The van der Waals surface area contributed by atoms with E-state index >= 15 is 0 Å². The number of amides is 1. The standard InChI is InChI=1S/C17H19N3O4S/c1-7-8(2)25-16(19-14(21)10-5-11(6-10)17(22)23)12(7)15-18-13(20-24-15)9-3-4-9/h9-11H,3-6H2,1-2H3,(H,19,21)(H,22,23). The molecule has 8 heteroatoms. The van der Waals surface area contributed by atoms with Crippen LogP contribution >= 0.6 is 11.3 Å². The summed E-state index contributed by atoms with van der Waals surface area (Å²) in [5, 5.41) is 16.7. The second-order valence-corrected chi connectivity index (χ2v) is 8.14. The maximum atomic E-state index is 12.4. The molecule has 0 bridgehead atoms. The lowest BCUT2D eigenvalue weighted by Crippen LogP contribution is -2.38. The average Bonchev–Trinajstić information content (AvgIpc) is 3.17. The predicted octanol–water partition coefficient (Wildman–Crippen LogP) is 3.34. The SMILES string of the molecule is Cc1sc(NC(=O)C2CC(C(=O)O)C2)c(-c2nc(C3CC3)no2)c1C. The zero-order chi connectivity index (χ0) is 17.7. The second-order valence-electron chi connectivity index (χ2n) is 6.91. The van der Waals surface area contributed by atoms with Crippen LogP contribution in [-0.4, -0.2) is 27.1 Å². The predicted molar refractivity (Wildman–Crippen MR) is 91.5 cm³/mol. The number of aryl methyl sites for hydroxylation is 1. The number of nitrogens with zero attached hydrogens (tertiary/aromatic N) is 2. The molecule has 2 aliphatic rings. The Kier molecular flexibility index (Phi) is 3.87. The Labute approximate surface area is 148 Å². The fourth-order valence-corrected chi connectivity index (χ4v) is 4.12. The highest BCUT2D eigenvalue weighted by Gasteiger charge is 2.39. The Balaban J connectivity index is 1.54. The first-order chi connectivity index (χ1) is 11.9. The van der Waals surface area contributed by atoms with Crippen LogP contribution in [0.5, 0.6) is 0 Å². The number of nitrogens with one attached hydrogen (secondary N) is 1. The van der Waals surface area contributed by atoms with Gasteiger partial charge in [0.25, 0.3) is 5.89 Å². The molecule has 2 aliphatic carbocycles. The van der Waals surface area contributed by atoms with Gasteiger partial charge in [-0.05, 0) is 45.1 Å². The van der Waals surface area contributed by atoms with E-state index in [2.05, 4.69) is 15.5 Å². The highest BCUT2D eigenvalue weighted by molar-refractivity contribution is 7.17. The summed E-state index contributed by atoms with van der Waals surface area (Å²) in [6.07, 6.45) is 2.98. The van der Waals surface area contributed by atoms with Gasteiger partial charge in [-0.2, -0.15) is 4.98 Å². The zero-order valence-corrected chi connectivity index (χ0v) is 14.9. The smallest absolute Gasteiger partial charge is 0.306 e. The minimum absolute atomic E-state index is 0.137. The van der Waals surface area contributed by atoms with Crippen molar-refractivity contribution in [3.63, 3.8) is 0 Å². The van der Waals surface area contributed by atoms with Crippen molar-refractivity contribution in [3.8, 4) is 11.5 Å². The normalized spacial score (nSPS) is 22.5. The van der Waals surface area contributed by atoms with E-state index in [9.17, 15) is 9.59 Å². The third-order valence-corrected chi connectivity index (χ3v) is 6.20. The summed E-state index contributed by atoms with van der Waals surface area (Å²) >= 11 is 1.48. The summed E-state index contributed by atoms with van der Waals surface area (Å²) in [6, 6.07) is 0. The Morgan fingerprint density at radius 1 is 1.24 bits per heavy atom.